The third-order valence-electron chi connectivity index (χ3n) is 4.49. The van der Waals surface area contributed by atoms with E-state index in [1.165, 1.54) is 22.3 Å². The largest absolute Gasteiger partial charge is 0.351 e. The average Bonchev–Trinajstić information content (AvgIpc) is 3.23. The molecule has 1 saturated heterocycles. The zero-order chi connectivity index (χ0) is 20.1. The van der Waals surface area contributed by atoms with Gasteiger partial charge in [-0.2, -0.15) is 4.31 Å². The van der Waals surface area contributed by atoms with E-state index in [1.54, 1.807) is 25.1 Å². The Hall–Kier alpha value is -1.61. The van der Waals surface area contributed by atoms with Crippen molar-refractivity contribution >= 4 is 39.3 Å². The summed E-state index contributed by atoms with van der Waals surface area (Å²) in [4.78, 5) is 16.7. The quantitative estimate of drug-likeness (QED) is 0.669. The Morgan fingerprint density at radius 3 is 2.61 bits per heavy atom. The molecule has 9 heteroatoms. The van der Waals surface area contributed by atoms with Crippen LogP contribution in [0.3, 0.4) is 0 Å². The molecule has 0 saturated carbocycles. The highest BCUT2D eigenvalue weighted by Gasteiger charge is 2.27. The van der Waals surface area contributed by atoms with E-state index in [-0.39, 0.29) is 16.1 Å². The molecule has 1 amide bonds. The average molecular weight is 440 g/mol. The smallest absolute Gasteiger partial charge is 0.244 e. The standard InChI is InChI=1S/C19H22ClN3O3S2/c1-14(19(24)22-12-15-6-2-3-7-17(15)20)27-18-9-8-16(13-21-18)28(25,26)23-10-4-5-11-23/h2-3,6-9,13-14H,4-5,10-12H2,1H3,(H,22,24). The van der Waals surface area contributed by atoms with Gasteiger partial charge in [0.1, 0.15) is 4.90 Å². The van der Waals surface area contributed by atoms with Gasteiger partial charge in [-0.05, 0) is 43.5 Å². The van der Waals surface area contributed by atoms with Crippen LogP contribution in [0, 0.1) is 0 Å². The molecule has 1 aliphatic heterocycles. The van der Waals surface area contributed by atoms with Gasteiger partial charge in [0.25, 0.3) is 0 Å². The van der Waals surface area contributed by atoms with Gasteiger partial charge >= 0.3 is 0 Å². The molecule has 0 aliphatic carbocycles. The summed E-state index contributed by atoms with van der Waals surface area (Å²) in [6.07, 6.45) is 3.15. The number of thioether (sulfide) groups is 1. The van der Waals surface area contributed by atoms with Gasteiger partial charge in [-0.3, -0.25) is 4.79 Å². The Labute approximate surface area is 174 Å². The van der Waals surface area contributed by atoms with E-state index in [0.29, 0.717) is 29.7 Å². The Kier molecular flexibility index (Phi) is 6.98. The lowest BCUT2D eigenvalue weighted by Crippen LogP contribution is -2.30. The van der Waals surface area contributed by atoms with Crippen LogP contribution in [0.25, 0.3) is 0 Å². The summed E-state index contributed by atoms with van der Waals surface area (Å²) < 4.78 is 26.5. The van der Waals surface area contributed by atoms with Gasteiger partial charge in [0, 0.05) is 30.9 Å². The number of carbonyl (C=O) groups excluding carboxylic acids is 1. The van der Waals surface area contributed by atoms with Gasteiger partial charge in [0.2, 0.25) is 15.9 Å². The van der Waals surface area contributed by atoms with Crippen LogP contribution in [0.2, 0.25) is 5.02 Å². The number of nitrogens with zero attached hydrogens (tertiary/aromatic N) is 2. The highest BCUT2D eigenvalue weighted by Crippen LogP contribution is 2.25. The van der Waals surface area contributed by atoms with Crippen LogP contribution in [-0.4, -0.2) is 42.0 Å². The van der Waals surface area contributed by atoms with Gasteiger partial charge in [0.15, 0.2) is 0 Å². The summed E-state index contributed by atoms with van der Waals surface area (Å²) in [6, 6.07) is 10.5. The predicted octanol–water partition coefficient (Wildman–Crippen LogP) is 3.32. The van der Waals surface area contributed by atoms with Gasteiger partial charge in [-0.25, -0.2) is 13.4 Å². The minimum Gasteiger partial charge on any atom is -0.351 e. The highest BCUT2D eigenvalue weighted by atomic mass is 35.5. The summed E-state index contributed by atoms with van der Waals surface area (Å²) in [5.74, 6) is -0.138. The molecule has 0 bridgehead atoms. The highest BCUT2D eigenvalue weighted by molar-refractivity contribution is 8.00. The molecule has 1 aliphatic rings. The zero-order valence-corrected chi connectivity index (χ0v) is 17.9. The Morgan fingerprint density at radius 2 is 1.96 bits per heavy atom. The number of hydrogen-bond donors (Lipinski definition) is 1. The van der Waals surface area contributed by atoms with Crippen LogP contribution in [0.5, 0.6) is 0 Å². The third-order valence-corrected chi connectivity index (χ3v) is 7.79. The Balaban J connectivity index is 1.57. The minimum atomic E-state index is -3.47. The third kappa shape index (κ3) is 5.05. The van der Waals surface area contributed by atoms with Crippen molar-refractivity contribution < 1.29 is 13.2 Å². The molecular weight excluding hydrogens is 418 g/mol. The summed E-state index contributed by atoms with van der Waals surface area (Å²) in [5, 5.41) is 3.69. The van der Waals surface area contributed by atoms with Crippen molar-refractivity contribution in [2.24, 2.45) is 0 Å². The first-order valence-corrected chi connectivity index (χ1v) is 11.7. The Morgan fingerprint density at radius 1 is 1.25 bits per heavy atom. The van der Waals surface area contributed by atoms with Gasteiger partial charge in [-0.15, -0.1) is 0 Å². The number of amides is 1. The molecule has 1 aromatic heterocycles. The van der Waals surface area contributed by atoms with Crippen LogP contribution in [0.4, 0.5) is 0 Å². The molecule has 0 radical (unpaired) electrons. The van der Waals surface area contributed by atoms with E-state index < -0.39 is 10.0 Å². The fourth-order valence-corrected chi connectivity index (χ4v) is 5.35. The normalized spacial score (nSPS) is 16.1. The van der Waals surface area contributed by atoms with E-state index in [4.69, 9.17) is 11.6 Å². The molecule has 2 heterocycles. The number of sulfonamides is 1. The van der Waals surface area contributed by atoms with Crippen LogP contribution in [0.15, 0.2) is 52.5 Å². The molecule has 0 spiro atoms. The van der Waals surface area contributed by atoms with Gasteiger partial charge < -0.3 is 5.32 Å². The van der Waals surface area contributed by atoms with Crippen LogP contribution >= 0.6 is 23.4 Å². The fourth-order valence-electron chi connectivity index (χ4n) is 2.87. The summed E-state index contributed by atoms with van der Waals surface area (Å²) in [6.45, 7) is 3.25. The number of nitrogens with one attached hydrogen (secondary N) is 1. The number of aromatic nitrogens is 1. The summed E-state index contributed by atoms with van der Waals surface area (Å²) in [7, 11) is -3.47. The SMILES string of the molecule is CC(Sc1ccc(S(=O)(=O)N2CCCC2)cn1)C(=O)NCc1ccccc1Cl. The molecule has 1 atom stereocenters. The molecule has 1 N–H and O–H groups in total. The maximum Gasteiger partial charge on any atom is 0.244 e. The van der Waals surface area contributed by atoms with Crippen LogP contribution in [-0.2, 0) is 21.4 Å². The molecule has 3 rings (SSSR count). The van der Waals surface area contributed by atoms with Crippen molar-refractivity contribution in [2.75, 3.05) is 13.1 Å². The monoisotopic (exact) mass is 439 g/mol. The molecule has 6 nitrogen and oxygen atoms in total. The molecule has 2 aromatic rings. The number of pyridine rings is 1. The maximum atomic E-state index is 12.5. The lowest BCUT2D eigenvalue weighted by Gasteiger charge is -2.15. The maximum absolute atomic E-state index is 12.5. The van der Waals surface area contributed by atoms with Crippen molar-refractivity contribution in [1.82, 2.24) is 14.6 Å². The molecule has 1 fully saturated rings. The topological polar surface area (TPSA) is 79.4 Å². The van der Waals surface area contributed by atoms with Crippen molar-refractivity contribution in [3.8, 4) is 0 Å². The number of benzene rings is 1. The van der Waals surface area contributed by atoms with Crippen LogP contribution < -0.4 is 5.32 Å². The summed E-state index contributed by atoms with van der Waals surface area (Å²) >= 11 is 7.37. The second kappa shape index (κ2) is 9.26. The van der Waals surface area contributed by atoms with E-state index in [0.717, 1.165) is 18.4 Å². The predicted molar refractivity (Wildman–Crippen MR) is 111 cm³/mol. The first kappa shape index (κ1) is 21.1. The van der Waals surface area contributed by atoms with E-state index in [9.17, 15) is 13.2 Å². The number of rotatable bonds is 7. The number of halogens is 1. The molecule has 28 heavy (non-hydrogen) atoms. The first-order valence-electron chi connectivity index (χ1n) is 9.02. The Bertz CT molecular complexity index is 930. The van der Waals surface area contributed by atoms with Gasteiger partial charge in [0.05, 0.1) is 10.3 Å². The van der Waals surface area contributed by atoms with E-state index >= 15 is 0 Å². The summed E-state index contributed by atoms with van der Waals surface area (Å²) in [5.41, 5.74) is 0.851. The van der Waals surface area contributed by atoms with E-state index in [1.807, 2.05) is 18.2 Å². The molecule has 1 aromatic carbocycles. The van der Waals surface area contributed by atoms with Gasteiger partial charge in [-0.1, -0.05) is 41.6 Å². The minimum absolute atomic E-state index is 0.138. The zero-order valence-electron chi connectivity index (χ0n) is 15.5. The van der Waals surface area contributed by atoms with Crippen molar-refractivity contribution in [3.63, 3.8) is 0 Å². The second-order valence-corrected chi connectivity index (χ2v) is 10.2. The van der Waals surface area contributed by atoms with Crippen molar-refractivity contribution in [2.45, 2.75) is 41.5 Å². The number of carbonyl (C=O) groups is 1. The molecular formula is C19H22ClN3O3S2. The lowest BCUT2D eigenvalue weighted by atomic mass is 10.2. The van der Waals surface area contributed by atoms with Crippen molar-refractivity contribution in [3.05, 3.63) is 53.2 Å². The number of hydrogen-bond acceptors (Lipinski definition) is 5. The first-order chi connectivity index (χ1) is 13.4. The fraction of sp³-hybridized carbons (Fsp3) is 0.368. The molecule has 1 unspecified atom stereocenters. The van der Waals surface area contributed by atoms with Crippen LogP contribution in [0.1, 0.15) is 25.3 Å². The lowest BCUT2D eigenvalue weighted by molar-refractivity contribution is -0.120. The second-order valence-electron chi connectivity index (χ2n) is 6.51. The van der Waals surface area contributed by atoms with E-state index in [2.05, 4.69) is 10.3 Å². The van der Waals surface area contributed by atoms with Crippen molar-refractivity contribution in [1.29, 1.82) is 0 Å². The molecule has 150 valence electrons.